The van der Waals surface area contributed by atoms with E-state index in [0.29, 0.717) is 10.2 Å². The van der Waals surface area contributed by atoms with Gasteiger partial charge in [-0.15, -0.1) is 11.3 Å². The Labute approximate surface area is 169 Å². The maximum Gasteiger partial charge on any atom is 0.339 e. The smallest absolute Gasteiger partial charge is 0.339 e. The highest BCUT2D eigenvalue weighted by Crippen LogP contribution is 2.25. The molecule has 3 rings (SSSR count). The summed E-state index contributed by atoms with van der Waals surface area (Å²) in [6, 6.07) is 11.9. The van der Waals surface area contributed by atoms with E-state index in [2.05, 4.69) is 20.9 Å². The number of carbonyl (C=O) groups excluding carboxylic acids is 1. The molecule has 0 aliphatic rings. The van der Waals surface area contributed by atoms with Crippen molar-refractivity contribution in [2.24, 2.45) is 5.14 Å². The van der Waals surface area contributed by atoms with Crippen molar-refractivity contribution in [3.8, 4) is 10.6 Å². The first kappa shape index (κ1) is 19.7. The van der Waals surface area contributed by atoms with E-state index in [-0.39, 0.29) is 17.1 Å². The van der Waals surface area contributed by atoms with Crippen molar-refractivity contribution >= 4 is 43.3 Å². The molecule has 3 aromatic rings. The Hall–Kier alpha value is -2.07. The van der Waals surface area contributed by atoms with E-state index >= 15 is 0 Å². The highest BCUT2D eigenvalue weighted by molar-refractivity contribution is 9.10. The van der Waals surface area contributed by atoms with E-state index in [1.54, 1.807) is 0 Å². The number of aryl methyl sites for hydroxylation is 1. The van der Waals surface area contributed by atoms with Crippen molar-refractivity contribution in [2.75, 3.05) is 0 Å². The summed E-state index contributed by atoms with van der Waals surface area (Å²) in [6.07, 6.45) is 0. The Balaban J connectivity index is 1.72. The number of carbonyl (C=O) groups is 1. The summed E-state index contributed by atoms with van der Waals surface area (Å²) in [5, 5.41) is 7.75. The van der Waals surface area contributed by atoms with Gasteiger partial charge in [0.2, 0.25) is 10.0 Å². The molecule has 6 nitrogen and oxygen atoms in total. The van der Waals surface area contributed by atoms with Crippen LogP contribution in [0.2, 0.25) is 0 Å². The number of nitrogens with zero attached hydrogens (tertiary/aromatic N) is 1. The average Bonchev–Trinajstić information content (AvgIpc) is 3.08. The maximum absolute atomic E-state index is 12.3. The van der Waals surface area contributed by atoms with Crippen LogP contribution in [0.25, 0.3) is 10.6 Å². The number of primary sulfonamides is 1. The van der Waals surface area contributed by atoms with E-state index in [4.69, 9.17) is 9.88 Å². The van der Waals surface area contributed by atoms with Crippen LogP contribution in [-0.4, -0.2) is 19.4 Å². The molecule has 0 bridgehead atoms. The molecule has 0 saturated heterocycles. The first-order chi connectivity index (χ1) is 12.7. The van der Waals surface area contributed by atoms with Gasteiger partial charge in [-0.05, 0) is 41.1 Å². The van der Waals surface area contributed by atoms with Crippen molar-refractivity contribution < 1.29 is 17.9 Å². The van der Waals surface area contributed by atoms with Crippen LogP contribution < -0.4 is 5.14 Å². The summed E-state index contributed by atoms with van der Waals surface area (Å²) in [6.45, 7) is 1.99. The van der Waals surface area contributed by atoms with Crippen molar-refractivity contribution in [3.05, 3.63) is 69.1 Å². The zero-order valence-corrected chi connectivity index (χ0v) is 17.4. The molecule has 140 valence electrons. The van der Waals surface area contributed by atoms with Crippen LogP contribution in [0, 0.1) is 6.92 Å². The van der Waals surface area contributed by atoms with Crippen LogP contribution in [0.4, 0.5) is 0 Å². The number of nitrogens with two attached hydrogens (primary N) is 1. The van der Waals surface area contributed by atoms with Crippen molar-refractivity contribution in [3.63, 3.8) is 0 Å². The monoisotopic (exact) mass is 466 g/mol. The number of sulfonamides is 1. The zero-order chi connectivity index (χ0) is 19.6. The van der Waals surface area contributed by atoms with Gasteiger partial charge in [0, 0.05) is 15.4 Å². The number of aromatic nitrogens is 1. The second-order valence-corrected chi connectivity index (χ2v) is 9.05. The van der Waals surface area contributed by atoms with Gasteiger partial charge >= 0.3 is 5.97 Å². The number of halogens is 1. The Morgan fingerprint density at radius 3 is 2.59 bits per heavy atom. The second kappa shape index (κ2) is 7.89. The van der Waals surface area contributed by atoms with E-state index in [0.717, 1.165) is 16.1 Å². The Morgan fingerprint density at radius 2 is 1.93 bits per heavy atom. The van der Waals surface area contributed by atoms with Crippen LogP contribution in [0.1, 0.15) is 21.6 Å². The first-order valence-electron chi connectivity index (χ1n) is 7.75. The maximum atomic E-state index is 12.3. The molecule has 0 saturated carbocycles. The van der Waals surface area contributed by atoms with E-state index in [9.17, 15) is 13.2 Å². The highest BCUT2D eigenvalue weighted by atomic mass is 79.9. The van der Waals surface area contributed by atoms with Crippen LogP contribution in [0.5, 0.6) is 0 Å². The number of hydrogen-bond donors (Lipinski definition) is 1. The van der Waals surface area contributed by atoms with Crippen molar-refractivity contribution in [1.82, 2.24) is 4.98 Å². The fraction of sp³-hybridized carbons (Fsp3) is 0.111. The van der Waals surface area contributed by atoms with E-state index < -0.39 is 16.0 Å². The van der Waals surface area contributed by atoms with Crippen LogP contribution in [0.15, 0.2) is 57.2 Å². The zero-order valence-electron chi connectivity index (χ0n) is 14.2. The summed E-state index contributed by atoms with van der Waals surface area (Å²) in [5.74, 6) is -0.669. The van der Waals surface area contributed by atoms with E-state index in [1.165, 1.54) is 29.5 Å². The number of esters is 1. The van der Waals surface area contributed by atoms with Gasteiger partial charge in [0.1, 0.15) is 11.6 Å². The van der Waals surface area contributed by atoms with Gasteiger partial charge in [0.05, 0.1) is 16.2 Å². The quantitative estimate of drug-likeness (QED) is 0.574. The Bertz CT molecular complexity index is 1090. The number of ether oxygens (including phenoxy) is 1. The van der Waals surface area contributed by atoms with Gasteiger partial charge in [-0.25, -0.2) is 23.3 Å². The Morgan fingerprint density at radius 1 is 1.22 bits per heavy atom. The molecule has 1 aromatic heterocycles. The average molecular weight is 467 g/mol. The lowest BCUT2D eigenvalue weighted by Crippen LogP contribution is -2.14. The molecule has 2 N–H and O–H groups in total. The largest absolute Gasteiger partial charge is 0.456 e. The molecule has 0 spiro atoms. The predicted octanol–water partition coefficient (Wildman–Crippen LogP) is 3.89. The number of benzene rings is 2. The standard InChI is InChI=1S/C18H15BrN2O4S2/c1-11-2-4-12(5-3-11)17-21-13(10-26-17)9-25-18(22)15-8-14(27(20,23)24)6-7-16(15)19/h2-8,10H,9H2,1H3,(H2,20,23,24). The van der Waals surface area contributed by atoms with Crippen LogP contribution >= 0.6 is 27.3 Å². The fourth-order valence-electron chi connectivity index (χ4n) is 2.26. The minimum atomic E-state index is -3.91. The first-order valence-corrected chi connectivity index (χ1v) is 11.0. The molecule has 9 heteroatoms. The fourth-order valence-corrected chi connectivity index (χ4v) is 4.02. The third-order valence-corrected chi connectivity index (χ3v) is 6.23. The molecule has 2 aromatic carbocycles. The lowest BCUT2D eigenvalue weighted by molar-refractivity contribution is 0.0467. The van der Waals surface area contributed by atoms with Gasteiger partial charge in [0.15, 0.2) is 0 Å². The normalized spacial score (nSPS) is 11.4. The molecular weight excluding hydrogens is 452 g/mol. The third kappa shape index (κ3) is 4.81. The number of rotatable bonds is 5. The molecule has 0 fully saturated rings. The van der Waals surface area contributed by atoms with Gasteiger partial charge in [0.25, 0.3) is 0 Å². The SMILES string of the molecule is Cc1ccc(-c2nc(COC(=O)c3cc(S(N)(=O)=O)ccc3Br)cs2)cc1. The summed E-state index contributed by atoms with van der Waals surface area (Å²) >= 11 is 4.67. The summed E-state index contributed by atoms with van der Waals surface area (Å²) in [7, 11) is -3.91. The van der Waals surface area contributed by atoms with Crippen molar-refractivity contribution in [1.29, 1.82) is 0 Å². The molecule has 0 aliphatic carbocycles. The molecule has 0 aliphatic heterocycles. The third-order valence-electron chi connectivity index (χ3n) is 3.69. The van der Waals surface area contributed by atoms with Gasteiger partial charge in [-0.1, -0.05) is 29.8 Å². The number of thiazole rings is 1. The van der Waals surface area contributed by atoms with Crippen LogP contribution in [0.3, 0.4) is 0 Å². The minimum Gasteiger partial charge on any atom is -0.456 e. The predicted molar refractivity (Wildman–Crippen MR) is 107 cm³/mol. The van der Waals surface area contributed by atoms with Gasteiger partial charge in [-0.3, -0.25) is 0 Å². The molecule has 27 heavy (non-hydrogen) atoms. The molecule has 0 atom stereocenters. The molecule has 0 unspecified atom stereocenters. The van der Waals surface area contributed by atoms with Crippen molar-refractivity contribution in [2.45, 2.75) is 18.4 Å². The second-order valence-electron chi connectivity index (χ2n) is 5.77. The summed E-state index contributed by atoms with van der Waals surface area (Å²) in [5.41, 5.74) is 2.85. The molecule has 1 heterocycles. The molecular formula is C18H15BrN2O4S2. The Kier molecular flexibility index (Phi) is 5.75. The number of hydrogen-bond acceptors (Lipinski definition) is 6. The topological polar surface area (TPSA) is 99.3 Å². The summed E-state index contributed by atoms with van der Waals surface area (Å²) in [4.78, 5) is 16.6. The molecule has 0 amide bonds. The van der Waals surface area contributed by atoms with Gasteiger partial charge in [-0.2, -0.15) is 0 Å². The van der Waals surface area contributed by atoms with Gasteiger partial charge < -0.3 is 4.74 Å². The lowest BCUT2D eigenvalue weighted by Gasteiger charge is -2.07. The summed E-state index contributed by atoms with van der Waals surface area (Å²) < 4.78 is 28.6. The lowest BCUT2D eigenvalue weighted by atomic mass is 10.2. The minimum absolute atomic E-state index is 0.0206. The molecule has 0 radical (unpaired) electrons. The van der Waals surface area contributed by atoms with E-state index in [1.807, 2.05) is 36.6 Å². The van der Waals surface area contributed by atoms with Crippen LogP contribution in [-0.2, 0) is 21.4 Å². The highest BCUT2D eigenvalue weighted by Gasteiger charge is 2.17.